The first kappa shape index (κ1) is 10.2. The van der Waals surface area contributed by atoms with Gasteiger partial charge in [0.15, 0.2) is 0 Å². The highest BCUT2D eigenvalue weighted by Crippen LogP contribution is 2.34. The zero-order chi connectivity index (χ0) is 10.3. The summed E-state index contributed by atoms with van der Waals surface area (Å²) in [6.45, 7) is 0. The van der Waals surface area contributed by atoms with Crippen LogP contribution >= 0.6 is 33.9 Å². The summed E-state index contributed by atoms with van der Waals surface area (Å²) in [5, 5.41) is 1.83. The Morgan fingerprint density at radius 1 is 1.29 bits per heavy atom. The van der Waals surface area contributed by atoms with Gasteiger partial charge in [-0.05, 0) is 34.7 Å². The molecule has 2 rings (SSSR count). The van der Waals surface area contributed by atoms with Crippen LogP contribution in [0.5, 0.6) is 0 Å². The van der Waals surface area contributed by atoms with E-state index < -0.39 is 6.43 Å². The van der Waals surface area contributed by atoms with Crippen molar-refractivity contribution < 1.29 is 13.2 Å². The maximum absolute atomic E-state index is 13.1. The molecule has 1 aromatic heterocycles. The highest BCUT2D eigenvalue weighted by atomic mass is 127. The molecule has 0 N–H and O–H groups in total. The monoisotopic (exact) mass is 328 g/mol. The molecule has 0 radical (unpaired) electrons. The van der Waals surface area contributed by atoms with Crippen LogP contribution < -0.4 is 0 Å². The van der Waals surface area contributed by atoms with Gasteiger partial charge in [0.25, 0.3) is 6.43 Å². The quantitative estimate of drug-likeness (QED) is 0.672. The van der Waals surface area contributed by atoms with Crippen LogP contribution in [-0.4, -0.2) is 0 Å². The minimum absolute atomic E-state index is 0.0112. The van der Waals surface area contributed by atoms with Gasteiger partial charge in [-0.1, -0.05) is 0 Å². The van der Waals surface area contributed by atoms with Crippen molar-refractivity contribution in [2.45, 2.75) is 6.43 Å². The summed E-state index contributed by atoms with van der Waals surface area (Å²) in [6.07, 6.45) is -2.50. The molecule has 0 atom stereocenters. The molecule has 0 amide bonds. The maximum Gasteiger partial charge on any atom is 0.265 e. The van der Waals surface area contributed by atoms with Crippen molar-refractivity contribution in [2.24, 2.45) is 0 Å². The molecule has 0 bridgehead atoms. The van der Waals surface area contributed by atoms with E-state index in [0.717, 1.165) is 11.3 Å². The number of rotatable bonds is 1. The standard InChI is InChI=1S/C9H4F3IS/c10-6-2-8-4(1-7(6)13)5(3-14-8)9(11)12/h1-3,9H. The number of hydrogen-bond acceptors (Lipinski definition) is 1. The van der Waals surface area contributed by atoms with Crippen molar-refractivity contribution in [2.75, 3.05) is 0 Å². The Morgan fingerprint density at radius 2 is 2.00 bits per heavy atom. The van der Waals surface area contributed by atoms with Gasteiger partial charge < -0.3 is 0 Å². The lowest BCUT2D eigenvalue weighted by Crippen LogP contribution is -1.84. The van der Waals surface area contributed by atoms with E-state index in [-0.39, 0.29) is 11.4 Å². The molecular weight excluding hydrogens is 324 g/mol. The van der Waals surface area contributed by atoms with E-state index >= 15 is 0 Å². The van der Waals surface area contributed by atoms with Crippen LogP contribution in [0.4, 0.5) is 13.2 Å². The molecule has 0 unspecified atom stereocenters. The average Bonchev–Trinajstić information content (AvgIpc) is 2.48. The molecule has 0 spiro atoms. The Morgan fingerprint density at radius 3 is 2.64 bits per heavy atom. The lowest BCUT2D eigenvalue weighted by molar-refractivity contribution is 0.153. The van der Waals surface area contributed by atoms with Gasteiger partial charge in [0, 0.05) is 24.6 Å². The van der Waals surface area contributed by atoms with E-state index in [9.17, 15) is 13.2 Å². The van der Waals surface area contributed by atoms with Crippen LogP contribution in [0.3, 0.4) is 0 Å². The van der Waals surface area contributed by atoms with Crippen LogP contribution in [0, 0.1) is 9.39 Å². The van der Waals surface area contributed by atoms with Crippen molar-refractivity contribution >= 4 is 44.0 Å². The van der Waals surface area contributed by atoms with Gasteiger partial charge >= 0.3 is 0 Å². The van der Waals surface area contributed by atoms with Gasteiger partial charge in [-0.15, -0.1) is 11.3 Å². The first-order chi connectivity index (χ1) is 6.59. The largest absolute Gasteiger partial charge is 0.265 e. The van der Waals surface area contributed by atoms with Crippen molar-refractivity contribution in [3.63, 3.8) is 0 Å². The number of alkyl halides is 2. The molecule has 0 fully saturated rings. The molecule has 1 aromatic carbocycles. The van der Waals surface area contributed by atoms with Crippen LogP contribution in [0.15, 0.2) is 17.5 Å². The number of fused-ring (bicyclic) bond motifs is 1. The van der Waals surface area contributed by atoms with Crippen molar-refractivity contribution in [3.05, 3.63) is 32.5 Å². The van der Waals surface area contributed by atoms with E-state index in [1.165, 1.54) is 17.5 Å². The molecule has 0 nitrogen and oxygen atoms in total. The highest BCUT2D eigenvalue weighted by molar-refractivity contribution is 14.1. The summed E-state index contributed by atoms with van der Waals surface area (Å²) in [5.41, 5.74) is -0.0112. The molecule has 2 aromatic rings. The third-order valence-corrected chi connectivity index (χ3v) is 3.67. The number of benzene rings is 1. The summed E-state index contributed by atoms with van der Waals surface area (Å²) in [7, 11) is 0. The fourth-order valence-electron chi connectivity index (χ4n) is 1.21. The van der Waals surface area contributed by atoms with Crippen LogP contribution in [0.25, 0.3) is 10.1 Å². The molecular formula is C9H4F3IS. The second-order valence-corrected chi connectivity index (χ2v) is 4.83. The van der Waals surface area contributed by atoms with Gasteiger partial charge in [-0.2, -0.15) is 0 Å². The van der Waals surface area contributed by atoms with Gasteiger partial charge in [0.05, 0.1) is 0 Å². The first-order valence-electron chi connectivity index (χ1n) is 3.74. The summed E-state index contributed by atoms with van der Waals surface area (Å²) < 4.78 is 39.0. The topological polar surface area (TPSA) is 0 Å². The van der Waals surface area contributed by atoms with Gasteiger partial charge in [0.2, 0.25) is 0 Å². The fraction of sp³-hybridized carbons (Fsp3) is 0.111. The second-order valence-electron chi connectivity index (χ2n) is 2.75. The summed E-state index contributed by atoms with van der Waals surface area (Å²) >= 11 is 2.94. The van der Waals surface area contributed by atoms with Crippen molar-refractivity contribution in [1.82, 2.24) is 0 Å². The third kappa shape index (κ3) is 1.63. The molecule has 0 saturated carbocycles. The Bertz CT molecular complexity index is 478. The lowest BCUT2D eigenvalue weighted by Gasteiger charge is -1.98. The predicted molar refractivity (Wildman–Crippen MR) is 59.5 cm³/mol. The SMILES string of the molecule is Fc1cc2scc(C(F)F)c2cc1I. The van der Waals surface area contributed by atoms with Gasteiger partial charge in [-0.3, -0.25) is 0 Å². The summed E-state index contributed by atoms with van der Waals surface area (Å²) in [4.78, 5) is 0. The Labute approximate surface area is 95.9 Å². The molecule has 14 heavy (non-hydrogen) atoms. The van der Waals surface area contributed by atoms with E-state index in [1.807, 2.05) is 0 Å². The van der Waals surface area contributed by atoms with Gasteiger partial charge in [0.1, 0.15) is 5.82 Å². The first-order valence-corrected chi connectivity index (χ1v) is 5.69. The van der Waals surface area contributed by atoms with Gasteiger partial charge in [-0.25, -0.2) is 13.2 Å². The molecule has 0 saturated heterocycles. The summed E-state index contributed by atoms with van der Waals surface area (Å²) in [6, 6.07) is 2.76. The lowest BCUT2D eigenvalue weighted by atomic mass is 10.2. The van der Waals surface area contributed by atoms with Crippen LogP contribution in [-0.2, 0) is 0 Å². The highest BCUT2D eigenvalue weighted by Gasteiger charge is 2.14. The van der Waals surface area contributed by atoms with Crippen LogP contribution in [0.1, 0.15) is 12.0 Å². The van der Waals surface area contributed by atoms with E-state index in [0.29, 0.717) is 13.7 Å². The fourth-order valence-corrected chi connectivity index (χ4v) is 2.64. The Hall–Kier alpha value is -0.300. The molecule has 1 heterocycles. The molecule has 74 valence electrons. The van der Waals surface area contributed by atoms with Crippen molar-refractivity contribution in [1.29, 1.82) is 0 Å². The molecule has 5 heteroatoms. The zero-order valence-electron chi connectivity index (χ0n) is 6.73. The second kappa shape index (κ2) is 3.69. The minimum Gasteiger partial charge on any atom is -0.206 e. The average molecular weight is 328 g/mol. The van der Waals surface area contributed by atoms with Crippen molar-refractivity contribution in [3.8, 4) is 0 Å². The number of hydrogen-bond donors (Lipinski definition) is 0. The normalized spacial score (nSPS) is 11.5. The Balaban J connectivity index is 2.74. The van der Waals surface area contributed by atoms with E-state index in [1.54, 1.807) is 22.6 Å². The number of halogens is 4. The molecule has 0 aliphatic rings. The smallest absolute Gasteiger partial charge is 0.206 e. The maximum atomic E-state index is 13.1. The van der Waals surface area contributed by atoms with Crippen LogP contribution in [0.2, 0.25) is 0 Å². The Kier molecular flexibility index (Phi) is 2.70. The van der Waals surface area contributed by atoms with E-state index in [4.69, 9.17) is 0 Å². The van der Waals surface area contributed by atoms with E-state index in [2.05, 4.69) is 0 Å². The zero-order valence-corrected chi connectivity index (χ0v) is 9.70. The predicted octanol–water partition coefficient (Wildman–Crippen LogP) is 4.58. The molecule has 0 aliphatic carbocycles. The summed E-state index contributed by atoms with van der Waals surface area (Å²) in [5.74, 6) is -0.360. The number of thiophene rings is 1. The third-order valence-electron chi connectivity index (χ3n) is 1.88. The molecule has 0 aliphatic heterocycles. The minimum atomic E-state index is -2.50.